The molecule has 1 N–H and O–H groups in total. The van der Waals surface area contributed by atoms with Crippen LogP contribution in [0, 0.1) is 11.8 Å². The zero-order chi connectivity index (χ0) is 19.1. The maximum Gasteiger partial charge on any atom is 0.305 e. The van der Waals surface area contributed by atoms with Gasteiger partial charge in [0.1, 0.15) is 0 Å². The molecule has 1 unspecified atom stereocenters. The van der Waals surface area contributed by atoms with Gasteiger partial charge in [-0.2, -0.15) is 0 Å². The molecule has 6 nitrogen and oxygen atoms in total. The highest BCUT2D eigenvalue weighted by Crippen LogP contribution is 2.21. The molecule has 26 heavy (non-hydrogen) atoms. The maximum absolute atomic E-state index is 12.9. The fraction of sp³-hybridized carbons (Fsp3) is 0.550. The van der Waals surface area contributed by atoms with Gasteiger partial charge in [0.2, 0.25) is 5.91 Å². The summed E-state index contributed by atoms with van der Waals surface area (Å²) in [6.07, 6.45) is 1.46. The van der Waals surface area contributed by atoms with Gasteiger partial charge in [0, 0.05) is 31.7 Å². The van der Waals surface area contributed by atoms with Gasteiger partial charge in [0.25, 0.3) is 5.91 Å². The van der Waals surface area contributed by atoms with Crippen LogP contribution in [0.15, 0.2) is 30.3 Å². The van der Waals surface area contributed by atoms with Gasteiger partial charge in [-0.25, -0.2) is 0 Å². The highest BCUT2D eigenvalue weighted by atomic mass is 16.4. The monoisotopic (exact) mass is 360 g/mol. The lowest BCUT2D eigenvalue weighted by Gasteiger charge is -2.35. The molecule has 1 saturated heterocycles. The van der Waals surface area contributed by atoms with Crippen LogP contribution in [-0.4, -0.2) is 58.9 Å². The van der Waals surface area contributed by atoms with Crippen LogP contribution in [0.25, 0.3) is 0 Å². The molecule has 1 fully saturated rings. The molecule has 1 atom stereocenters. The van der Waals surface area contributed by atoms with E-state index >= 15 is 0 Å². The van der Waals surface area contributed by atoms with E-state index in [9.17, 15) is 14.4 Å². The second kappa shape index (κ2) is 9.36. The Morgan fingerprint density at radius 3 is 2.54 bits per heavy atom. The van der Waals surface area contributed by atoms with E-state index < -0.39 is 5.97 Å². The molecule has 0 spiro atoms. The normalized spacial score (nSPS) is 17.2. The number of amides is 2. The van der Waals surface area contributed by atoms with E-state index in [-0.39, 0.29) is 36.6 Å². The van der Waals surface area contributed by atoms with Gasteiger partial charge in [-0.1, -0.05) is 32.0 Å². The van der Waals surface area contributed by atoms with Gasteiger partial charge >= 0.3 is 5.97 Å². The van der Waals surface area contributed by atoms with E-state index in [0.29, 0.717) is 25.2 Å². The molecule has 0 aliphatic carbocycles. The Kier molecular flexibility index (Phi) is 7.18. The Morgan fingerprint density at radius 1 is 1.23 bits per heavy atom. The molecule has 0 aromatic heterocycles. The first-order valence-corrected chi connectivity index (χ1v) is 9.23. The van der Waals surface area contributed by atoms with Crippen LogP contribution >= 0.6 is 0 Å². The summed E-state index contributed by atoms with van der Waals surface area (Å²) in [6, 6.07) is 9.09. The average Bonchev–Trinajstić information content (AvgIpc) is 2.64. The summed E-state index contributed by atoms with van der Waals surface area (Å²) >= 11 is 0. The molecule has 142 valence electrons. The van der Waals surface area contributed by atoms with E-state index in [4.69, 9.17) is 5.11 Å². The first kappa shape index (κ1) is 19.9. The van der Waals surface area contributed by atoms with Crippen LogP contribution in [0.3, 0.4) is 0 Å². The van der Waals surface area contributed by atoms with Crippen molar-refractivity contribution in [3.8, 4) is 0 Å². The summed E-state index contributed by atoms with van der Waals surface area (Å²) < 4.78 is 0. The number of carboxylic acid groups (broad SMARTS) is 1. The van der Waals surface area contributed by atoms with E-state index in [1.165, 1.54) is 0 Å². The molecule has 1 aromatic rings. The van der Waals surface area contributed by atoms with Crippen molar-refractivity contribution in [2.75, 3.05) is 26.2 Å². The average molecular weight is 360 g/mol. The predicted octanol–water partition coefficient (Wildman–Crippen LogP) is 2.50. The number of rotatable bonds is 7. The first-order valence-electron chi connectivity index (χ1n) is 9.23. The number of likely N-dealkylation sites (tertiary alicyclic amines) is 1. The van der Waals surface area contributed by atoms with Gasteiger partial charge in [0.05, 0.1) is 12.3 Å². The lowest BCUT2D eigenvalue weighted by Crippen LogP contribution is -2.48. The number of aliphatic carboxylic acids is 1. The van der Waals surface area contributed by atoms with Crippen molar-refractivity contribution in [1.82, 2.24) is 9.80 Å². The Balaban J connectivity index is 2.04. The van der Waals surface area contributed by atoms with Gasteiger partial charge in [-0.15, -0.1) is 0 Å². The van der Waals surface area contributed by atoms with Crippen molar-refractivity contribution >= 4 is 17.8 Å². The van der Waals surface area contributed by atoms with Crippen LogP contribution in [0.1, 0.15) is 43.5 Å². The van der Waals surface area contributed by atoms with Crippen molar-refractivity contribution in [3.05, 3.63) is 35.9 Å². The number of hydrogen-bond acceptors (Lipinski definition) is 3. The summed E-state index contributed by atoms with van der Waals surface area (Å²) in [7, 11) is 0. The van der Waals surface area contributed by atoms with Crippen molar-refractivity contribution < 1.29 is 19.5 Å². The quantitative estimate of drug-likeness (QED) is 0.810. The predicted molar refractivity (Wildman–Crippen MR) is 98.7 cm³/mol. The number of piperidine rings is 1. The van der Waals surface area contributed by atoms with Crippen LogP contribution < -0.4 is 0 Å². The number of hydrogen-bond donors (Lipinski definition) is 1. The number of carbonyl (C=O) groups is 3. The number of benzene rings is 1. The summed E-state index contributed by atoms with van der Waals surface area (Å²) in [5, 5.41) is 8.94. The summed E-state index contributed by atoms with van der Waals surface area (Å²) in [4.78, 5) is 39.9. The summed E-state index contributed by atoms with van der Waals surface area (Å²) in [5.41, 5.74) is 0.630. The molecule has 2 rings (SSSR count). The molecule has 6 heteroatoms. The third-order valence-electron chi connectivity index (χ3n) is 4.57. The number of carbonyl (C=O) groups excluding carboxylic acids is 2. The molecule has 1 aromatic carbocycles. The Hall–Kier alpha value is -2.37. The molecular formula is C20H28N2O4. The highest BCUT2D eigenvalue weighted by Gasteiger charge is 2.31. The number of carboxylic acids is 1. The molecule has 2 amide bonds. The standard InChI is InChI=1S/C20H28N2O4/c1-15(2)13-22(12-10-18(23)24)20(26)17-9-6-11-21(14-17)19(25)16-7-4-3-5-8-16/h3-5,7-8,15,17H,6,9-14H2,1-2H3,(H,23,24). The van der Waals surface area contributed by atoms with E-state index in [0.717, 1.165) is 12.8 Å². The third-order valence-corrected chi connectivity index (χ3v) is 4.57. The Labute approximate surface area is 154 Å². The molecule has 1 aliphatic heterocycles. The largest absolute Gasteiger partial charge is 0.481 e. The second-order valence-electron chi connectivity index (χ2n) is 7.28. The fourth-order valence-electron chi connectivity index (χ4n) is 3.35. The molecule has 0 bridgehead atoms. The zero-order valence-electron chi connectivity index (χ0n) is 15.6. The lowest BCUT2D eigenvalue weighted by molar-refractivity contribution is -0.140. The van der Waals surface area contributed by atoms with Gasteiger partial charge < -0.3 is 14.9 Å². The maximum atomic E-state index is 12.9. The fourth-order valence-corrected chi connectivity index (χ4v) is 3.35. The Bertz CT molecular complexity index is 630. The van der Waals surface area contributed by atoms with E-state index in [1.54, 1.807) is 21.9 Å². The van der Waals surface area contributed by atoms with Gasteiger partial charge in [0.15, 0.2) is 0 Å². The van der Waals surface area contributed by atoms with Crippen LogP contribution in [-0.2, 0) is 9.59 Å². The smallest absolute Gasteiger partial charge is 0.305 e. The molecular weight excluding hydrogens is 332 g/mol. The summed E-state index contributed by atoms with van der Waals surface area (Å²) in [5.74, 6) is -0.993. The number of nitrogens with zero attached hydrogens (tertiary/aromatic N) is 2. The van der Waals surface area contributed by atoms with E-state index in [2.05, 4.69) is 0 Å². The van der Waals surface area contributed by atoms with Crippen molar-refractivity contribution in [1.29, 1.82) is 0 Å². The molecule has 1 aliphatic rings. The van der Waals surface area contributed by atoms with Gasteiger partial charge in [-0.05, 0) is 30.9 Å². The SMILES string of the molecule is CC(C)CN(CCC(=O)O)C(=O)C1CCCN(C(=O)c2ccccc2)C1. The highest BCUT2D eigenvalue weighted by molar-refractivity contribution is 5.94. The molecule has 0 radical (unpaired) electrons. The lowest BCUT2D eigenvalue weighted by atomic mass is 9.95. The van der Waals surface area contributed by atoms with Crippen molar-refractivity contribution in [2.45, 2.75) is 33.1 Å². The Morgan fingerprint density at radius 2 is 1.92 bits per heavy atom. The topological polar surface area (TPSA) is 77.9 Å². The van der Waals surface area contributed by atoms with Gasteiger partial charge in [-0.3, -0.25) is 14.4 Å². The zero-order valence-corrected chi connectivity index (χ0v) is 15.6. The first-order chi connectivity index (χ1) is 12.4. The van der Waals surface area contributed by atoms with Crippen LogP contribution in [0.2, 0.25) is 0 Å². The minimum Gasteiger partial charge on any atom is -0.481 e. The van der Waals surface area contributed by atoms with Crippen LogP contribution in [0.4, 0.5) is 0 Å². The van der Waals surface area contributed by atoms with Crippen LogP contribution in [0.5, 0.6) is 0 Å². The third kappa shape index (κ3) is 5.58. The minimum absolute atomic E-state index is 0.0366. The summed E-state index contributed by atoms with van der Waals surface area (Å²) in [6.45, 7) is 5.82. The molecule has 0 saturated carbocycles. The van der Waals surface area contributed by atoms with E-state index in [1.807, 2.05) is 32.0 Å². The van der Waals surface area contributed by atoms with Crippen molar-refractivity contribution in [3.63, 3.8) is 0 Å². The second-order valence-corrected chi connectivity index (χ2v) is 7.28. The van der Waals surface area contributed by atoms with Crippen molar-refractivity contribution in [2.24, 2.45) is 11.8 Å². The molecule has 1 heterocycles. The minimum atomic E-state index is -0.906.